The molecule has 1 aromatic carbocycles. The van der Waals surface area contributed by atoms with Gasteiger partial charge in [0, 0.05) is 5.02 Å². The maximum absolute atomic E-state index is 8.96. The van der Waals surface area contributed by atoms with Gasteiger partial charge < -0.3 is 10.3 Å². The topological polar surface area (TPSA) is 64.5 Å². The van der Waals surface area contributed by atoms with Gasteiger partial charge in [0.05, 0.1) is 29.7 Å². The van der Waals surface area contributed by atoms with Crippen LogP contribution >= 0.6 is 11.6 Å². The van der Waals surface area contributed by atoms with E-state index < -0.39 is 0 Å². The van der Waals surface area contributed by atoms with E-state index in [1.165, 1.54) is 0 Å². The molecular weight excluding hydrogens is 236 g/mol. The number of hydrogen-bond donors (Lipinski definition) is 2. The van der Waals surface area contributed by atoms with Crippen molar-refractivity contribution in [2.24, 2.45) is 0 Å². The van der Waals surface area contributed by atoms with E-state index in [0.717, 1.165) is 17.2 Å². The standard InChI is InChI=1S/C12H11ClN4/c1-8-15-6-11(17-8)7-16-12-4-10(13)3-2-9(12)5-14/h2-4,6,16H,7H2,1H3,(H,15,17). The van der Waals surface area contributed by atoms with Crippen LogP contribution in [-0.2, 0) is 6.54 Å². The quantitative estimate of drug-likeness (QED) is 0.875. The van der Waals surface area contributed by atoms with E-state index in [1.807, 2.05) is 6.92 Å². The lowest BCUT2D eigenvalue weighted by molar-refractivity contribution is 1.05. The van der Waals surface area contributed by atoms with Crippen LogP contribution in [0.5, 0.6) is 0 Å². The normalized spacial score (nSPS) is 9.94. The van der Waals surface area contributed by atoms with Gasteiger partial charge >= 0.3 is 0 Å². The molecule has 0 amide bonds. The van der Waals surface area contributed by atoms with E-state index in [1.54, 1.807) is 24.4 Å². The van der Waals surface area contributed by atoms with Crippen LogP contribution < -0.4 is 5.32 Å². The van der Waals surface area contributed by atoms with Crippen molar-refractivity contribution < 1.29 is 0 Å². The number of H-pyrrole nitrogens is 1. The fourth-order valence-corrected chi connectivity index (χ4v) is 1.68. The third-order valence-corrected chi connectivity index (χ3v) is 2.56. The molecule has 0 saturated carbocycles. The molecule has 0 aliphatic heterocycles. The summed E-state index contributed by atoms with van der Waals surface area (Å²) >= 11 is 5.89. The molecule has 0 spiro atoms. The molecule has 2 N–H and O–H groups in total. The molecule has 2 aromatic rings. The van der Waals surface area contributed by atoms with Crippen LogP contribution in [0.25, 0.3) is 0 Å². The number of nitrogens with zero attached hydrogens (tertiary/aromatic N) is 2. The summed E-state index contributed by atoms with van der Waals surface area (Å²) in [5, 5.41) is 12.7. The molecule has 0 saturated heterocycles. The average molecular weight is 247 g/mol. The van der Waals surface area contributed by atoms with Crippen molar-refractivity contribution in [1.29, 1.82) is 5.26 Å². The highest BCUT2D eigenvalue weighted by molar-refractivity contribution is 6.30. The van der Waals surface area contributed by atoms with E-state index in [2.05, 4.69) is 21.4 Å². The number of hydrogen-bond acceptors (Lipinski definition) is 3. The van der Waals surface area contributed by atoms with E-state index >= 15 is 0 Å². The molecule has 1 heterocycles. The van der Waals surface area contributed by atoms with Gasteiger partial charge in [-0.05, 0) is 25.1 Å². The van der Waals surface area contributed by atoms with Crippen molar-refractivity contribution in [3.8, 4) is 6.07 Å². The van der Waals surface area contributed by atoms with Gasteiger partial charge in [0.1, 0.15) is 11.9 Å². The Morgan fingerprint density at radius 1 is 1.53 bits per heavy atom. The van der Waals surface area contributed by atoms with E-state index in [9.17, 15) is 0 Å². The molecule has 0 aliphatic rings. The third-order valence-electron chi connectivity index (χ3n) is 2.33. The maximum atomic E-state index is 8.96. The average Bonchev–Trinajstić information content (AvgIpc) is 2.73. The first-order valence-corrected chi connectivity index (χ1v) is 5.51. The Morgan fingerprint density at radius 2 is 2.35 bits per heavy atom. The number of halogens is 1. The summed E-state index contributed by atoms with van der Waals surface area (Å²) in [5.74, 6) is 0.869. The summed E-state index contributed by atoms with van der Waals surface area (Å²) < 4.78 is 0. The SMILES string of the molecule is Cc1ncc(CNc2cc(Cl)ccc2C#N)[nH]1. The van der Waals surface area contributed by atoms with Gasteiger partial charge in [-0.2, -0.15) is 5.26 Å². The fourth-order valence-electron chi connectivity index (χ4n) is 1.51. The van der Waals surface area contributed by atoms with Gasteiger partial charge in [0.15, 0.2) is 0 Å². The van der Waals surface area contributed by atoms with Gasteiger partial charge in [0.25, 0.3) is 0 Å². The first-order chi connectivity index (χ1) is 8.19. The molecule has 0 fully saturated rings. The van der Waals surface area contributed by atoms with Crippen LogP contribution in [0.1, 0.15) is 17.1 Å². The number of aryl methyl sites for hydroxylation is 1. The van der Waals surface area contributed by atoms with Crippen molar-refractivity contribution in [2.75, 3.05) is 5.32 Å². The molecule has 86 valence electrons. The molecule has 0 bridgehead atoms. The lowest BCUT2D eigenvalue weighted by Crippen LogP contribution is -2.01. The molecule has 4 nitrogen and oxygen atoms in total. The molecule has 17 heavy (non-hydrogen) atoms. The maximum Gasteiger partial charge on any atom is 0.103 e. The zero-order chi connectivity index (χ0) is 12.3. The molecule has 0 atom stereocenters. The second kappa shape index (κ2) is 4.89. The number of aromatic amines is 1. The first kappa shape index (κ1) is 11.5. The minimum Gasteiger partial charge on any atom is -0.378 e. The molecule has 1 aromatic heterocycles. The van der Waals surface area contributed by atoms with Crippen LogP contribution in [0.2, 0.25) is 5.02 Å². The van der Waals surface area contributed by atoms with Crippen LogP contribution in [-0.4, -0.2) is 9.97 Å². The van der Waals surface area contributed by atoms with E-state index in [-0.39, 0.29) is 0 Å². The van der Waals surface area contributed by atoms with Crippen molar-refractivity contribution in [2.45, 2.75) is 13.5 Å². The number of nitrogens with one attached hydrogen (secondary N) is 2. The Balaban J connectivity index is 2.13. The number of imidazole rings is 1. The summed E-state index contributed by atoms with van der Waals surface area (Å²) in [5.41, 5.74) is 2.27. The molecule has 5 heteroatoms. The van der Waals surface area contributed by atoms with Crippen molar-refractivity contribution >= 4 is 17.3 Å². The summed E-state index contributed by atoms with van der Waals surface area (Å²) in [6.07, 6.45) is 1.76. The van der Waals surface area contributed by atoms with Crippen molar-refractivity contribution in [3.63, 3.8) is 0 Å². The van der Waals surface area contributed by atoms with Crippen LogP contribution in [0, 0.1) is 18.3 Å². The van der Waals surface area contributed by atoms with Gasteiger partial charge in [-0.1, -0.05) is 11.6 Å². The lowest BCUT2D eigenvalue weighted by Gasteiger charge is -2.07. The summed E-state index contributed by atoms with van der Waals surface area (Å²) in [7, 11) is 0. The number of aromatic nitrogens is 2. The summed E-state index contributed by atoms with van der Waals surface area (Å²) in [6, 6.07) is 7.25. The second-order valence-corrected chi connectivity index (χ2v) is 4.09. The molecule has 2 rings (SSSR count). The Bertz CT molecular complexity index is 568. The summed E-state index contributed by atoms with van der Waals surface area (Å²) in [6.45, 7) is 2.47. The minimum absolute atomic E-state index is 0.575. The smallest absolute Gasteiger partial charge is 0.103 e. The molecule has 0 unspecified atom stereocenters. The highest BCUT2D eigenvalue weighted by Gasteiger charge is 2.03. The Morgan fingerprint density at radius 3 is 3.00 bits per heavy atom. The minimum atomic E-state index is 0.575. The predicted octanol–water partition coefficient (Wildman–Crippen LogP) is 2.86. The lowest BCUT2D eigenvalue weighted by atomic mass is 10.2. The Hall–Kier alpha value is -1.99. The highest BCUT2D eigenvalue weighted by atomic mass is 35.5. The van der Waals surface area contributed by atoms with Crippen molar-refractivity contribution in [3.05, 3.63) is 46.5 Å². The molecule has 0 radical (unpaired) electrons. The third kappa shape index (κ3) is 2.77. The summed E-state index contributed by atoms with van der Waals surface area (Å²) in [4.78, 5) is 7.21. The van der Waals surface area contributed by atoms with Crippen molar-refractivity contribution in [1.82, 2.24) is 9.97 Å². The fraction of sp³-hybridized carbons (Fsp3) is 0.167. The molecular formula is C12H11ClN4. The van der Waals surface area contributed by atoms with Crippen LogP contribution in [0.15, 0.2) is 24.4 Å². The largest absolute Gasteiger partial charge is 0.378 e. The number of rotatable bonds is 3. The van der Waals surface area contributed by atoms with Gasteiger partial charge in [-0.15, -0.1) is 0 Å². The number of anilines is 1. The Labute approximate surface area is 104 Å². The highest BCUT2D eigenvalue weighted by Crippen LogP contribution is 2.20. The number of nitriles is 1. The zero-order valence-corrected chi connectivity index (χ0v) is 10.0. The predicted molar refractivity (Wildman–Crippen MR) is 66.8 cm³/mol. The second-order valence-electron chi connectivity index (χ2n) is 3.65. The van der Waals surface area contributed by atoms with E-state index in [4.69, 9.17) is 16.9 Å². The van der Waals surface area contributed by atoms with Gasteiger partial charge in [0.2, 0.25) is 0 Å². The first-order valence-electron chi connectivity index (χ1n) is 5.13. The zero-order valence-electron chi connectivity index (χ0n) is 9.29. The monoisotopic (exact) mass is 246 g/mol. The van der Waals surface area contributed by atoms with Gasteiger partial charge in [-0.3, -0.25) is 0 Å². The number of benzene rings is 1. The van der Waals surface area contributed by atoms with E-state index in [0.29, 0.717) is 17.1 Å². The van der Waals surface area contributed by atoms with Gasteiger partial charge in [-0.25, -0.2) is 4.98 Å². The van der Waals surface area contributed by atoms with Crippen LogP contribution in [0.4, 0.5) is 5.69 Å². The Kier molecular flexibility index (Phi) is 3.31. The molecule has 0 aliphatic carbocycles. The van der Waals surface area contributed by atoms with Crippen LogP contribution in [0.3, 0.4) is 0 Å².